The van der Waals surface area contributed by atoms with Gasteiger partial charge in [-0.3, -0.25) is 14.3 Å². The molecule has 1 heterocycles. The standard InChI is InChI=1S/C14H13NO4S3/c1-10(16)21-9-14(17)11-2-4-12(5-3-11)15-22(18,19)13-6-7-20-8-13/h2-8,15H,9H2,1H3. The van der Waals surface area contributed by atoms with Crippen molar-refractivity contribution in [3.05, 3.63) is 46.7 Å². The monoisotopic (exact) mass is 355 g/mol. The number of carbonyl (C=O) groups excluding carboxylic acids is 2. The van der Waals surface area contributed by atoms with Crippen molar-refractivity contribution in [1.82, 2.24) is 0 Å². The van der Waals surface area contributed by atoms with Gasteiger partial charge in [0.15, 0.2) is 10.9 Å². The zero-order valence-electron chi connectivity index (χ0n) is 11.6. The van der Waals surface area contributed by atoms with Gasteiger partial charge in [0.25, 0.3) is 10.0 Å². The summed E-state index contributed by atoms with van der Waals surface area (Å²) in [5.74, 6) is -0.0950. The molecule has 2 rings (SSSR count). The predicted octanol–water partition coefficient (Wildman–Crippen LogP) is 3.01. The second kappa shape index (κ2) is 7.08. The minimum atomic E-state index is -3.60. The molecule has 1 aromatic carbocycles. The first-order chi connectivity index (χ1) is 10.4. The molecule has 116 valence electrons. The van der Waals surface area contributed by atoms with E-state index in [4.69, 9.17) is 0 Å². The van der Waals surface area contributed by atoms with E-state index in [-0.39, 0.29) is 21.5 Å². The number of ketones is 1. The lowest BCUT2D eigenvalue weighted by Crippen LogP contribution is -2.12. The van der Waals surface area contributed by atoms with Crippen LogP contribution in [0.3, 0.4) is 0 Å². The van der Waals surface area contributed by atoms with Gasteiger partial charge in [-0.05, 0) is 35.7 Å². The van der Waals surface area contributed by atoms with Crippen LogP contribution in [0.15, 0.2) is 46.0 Å². The van der Waals surface area contributed by atoms with E-state index in [2.05, 4.69) is 4.72 Å². The highest BCUT2D eigenvalue weighted by atomic mass is 32.2. The van der Waals surface area contributed by atoms with Crippen molar-refractivity contribution in [3.63, 3.8) is 0 Å². The fourth-order valence-corrected chi connectivity index (χ4v) is 4.18. The third kappa shape index (κ3) is 4.43. The number of hydrogen-bond donors (Lipinski definition) is 1. The Morgan fingerprint density at radius 1 is 1.18 bits per heavy atom. The first-order valence-corrected chi connectivity index (χ1v) is 9.61. The van der Waals surface area contributed by atoms with Crippen molar-refractivity contribution in [2.75, 3.05) is 10.5 Å². The molecule has 2 aromatic rings. The lowest BCUT2D eigenvalue weighted by atomic mass is 10.1. The molecule has 5 nitrogen and oxygen atoms in total. The molecule has 0 aliphatic carbocycles. The van der Waals surface area contributed by atoms with Gasteiger partial charge in [0, 0.05) is 23.6 Å². The van der Waals surface area contributed by atoms with E-state index in [0.29, 0.717) is 11.3 Å². The van der Waals surface area contributed by atoms with Gasteiger partial charge in [0.1, 0.15) is 0 Å². The molecule has 0 aliphatic heterocycles. The van der Waals surface area contributed by atoms with Crippen molar-refractivity contribution in [2.45, 2.75) is 11.8 Å². The van der Waals surface area contributed by atoms with Crippen molar-refractivity contribution in [3.8, 4) is 0 Å². The van der Waals surface area contributed by atoms with Gasteiger partial charge in [-0.25, -0.2) is 8.42 Å². The van der Waals surface area contributed by atoms with Gasteiger partial charge in [-0.15, -0.1) is 0 Å². The largest absolute Gasteiger partial charge is 0.293 e. The van der Waals surface area contributed by atoms with Crippen LogP contribution in [0.25, 0.3) is 0 Å². The lowest BCUT2D eigenvalue weighted by Gasteiger charge is -2.07. The highest BCUT2D eigenvalue weighted by Gasteiger charge is 2.15. The summed E-state index contributed by atoms with van der Waals surface area (Å²) >= 11 is 2.25. The Labute approximate surface area is 136 Å². The van der Waals surface area contributed by atoms with Crippen LogP contribution in [0.5, 0.6) is 0 Å². The molecule has 8 heteroatoms. The molecule has 0 saturated heterocycles. The fourth-order valence-electron chi connectivity index (χ4n) is 1.59. The Morgan fingerprint density at radius 2 is 1.86 bits per heavy atom. The molecule has 0 fully saturated rings. The molecule has 22 heavy (non-hydrogen) atoms. The van der Waals surface area contributed by atoms with Gasteiger partial charge in [-0.1, -0.05) is 11.8 Å². The van der Waals surface area contributed by atoms with Crippen LogP contribution >= 0.6 is 23.1 Å². The second-order valence-corrected chi connectivity index (χ2v) is 7.96. The summed E-state index contributed by atoms with van der Waals surface area (Å²) in [5, 5.41) is 3.11. The molecule has 0 unspecified atom stereocenters. The zero-order valence-corrected chi connectivity index (χ0v) is 14.1. The Balaban J connectivity index is 2.06. The molecule has 0 radical (unpaired) electrons. The maximum Gasteiger partial charge on any atom is 0.262 e. The third-order valence-corrected chi connectivity index (χ3v) is 5.70. The molecule has 0 atom stereocenters. The molecule has 1 aromatic heterocycles. The number of carbonyl (C=O) groups is 2. The maximum atomic E-state index is 12.0. The van der Waals surface area contributed by atoms with Crippen LogP contribution in [0.4, 0.5) is 5.69 Å². The van der Waals surface area contributed by atoms with Crippen LogP contribution in [-0.4, -0.2) is 25.1 Å². The Bertz CT molecular complexity index is 765. The molecule has 0 aliphatic rings. The van der Waals surface area contributed by atoms with E-state index < -0.39 is 10.0 Å². The van der Waals surface area contributed by atoms with Crippen LogP contribution in [0, 0.1) is 0 Å². The predicted molar refractivity (Wildman–Crippen MR) is 89.0 cm³/mol. The third-order valence-electron chi connectivity index (χ3n) is 2.67. The smallest absolute Gasteiger partial charge is 0.262 e. The van der Waals surface area contributed by atoms with Crippen LogP contribution in [0.1, 0.15) is 17.3 Å². The molecule has 0 amide bonds. The van der Waals surface area contributed by atoms with Gasteiger partial charge in [0.05, 0.1) is 10.6 Å². The average molecular weight is 355 g/mol. The molecular formula is C14H13NO4S3. The van der Waals surface area contributed by atoms with Crippen molar-refractivity contribution < 1.29 is 18.0 Å². The summed E-state index contributed by atoms with van der Waals surface area (Å²) in [6, 6.07) is 7.64. The normalized spacial score (nSPS) is 11.1. The maximum absolute atomic E-state index is 12.0. The van der Waals surface area contributed by atoms with Crippen LogP contribution < -0.4 is 4.72 Å². The number of anilines is 1. The number of rotatable bonds is 6. The van der Waals surface area contributed by atoms with Crippen LogP contribution in [-0.2, 0) is 14.8 Å². The molecule has 0 saturated carbocycles. The van der Waals surface area contributed by atoms with Gasteiger partial charge < -0.3 is 0 Å². The number of nitrogens with one attached hydrogen (secondary N) is 1. The van der Waals surface area contributed by atoms with Crippen molar-refractivity contribution in [2.24, 2.45) is 0 Å². The highest BCUT2D eigenvalue weighted by Crippen LogP contribution is 2.19. The van der Waals surface area contributed by atoms with Crippen LogP contribution in [0.2, 0.25) is 0 Å². The first-order valence-electron chi connectivity index (χ1n) is 6.20. The number of thioether (sulfide) groups is 1. The van der Waals surface area contributed by atoms with E-state index >= 15 is 0 Å². The Hall–Kier alpha value is -1.64. The number of hydrogen-bond acceptors (Lipinski definition) is 6. The second-order valence-electron chi connectivity index (χ2n) is 4.35. The van der Waals surface area contributed by atoms with Crippen molar-refractivity contribution in [1.29, 1.82) is 0 Å². The number of benzene rings is 1. The summed E-state index contributed by atoms with van der Waals surface area (Å²) < 4.78 is 26.5. The SMILES string of the molecule is CC(=O)SCC(=O)c1ccc(NS(=O)(=O)c2ccsc2)cc1. The number of thiophene rings is 1. The number of sulfonamides is 1. The summed E-state index contributed by atoms with van der Waals surface area (Å²) in [7, 11) is -3.60. The molecule has 1 N–H and O–H groups in total. The van der Waals surface area contributed by atoms with E-state index in [0.717, 1.165) is 11.8 Å². The molecule has 0 bridgehead atoms. The van der Waals surface area contributed by atoms with E-state index in [9.17, 15) is 18.0 Å². The summed E-state index contributed by atoms with van der Waals surface area (Å²) in [5.41, 5.74) is 0.814. The minimum absolute atomic E-state index is 0.0787. The van der Waals surface area contributed by atoms with E-state index in [1.165, 1.54) is 48.6 Å². The average Bonchev–Trinajstić information content (AvgIpc) is 3.00. The Kier molecular flexibility index (Phi) is 5.38. The topological polar surface area (TPSA) is 80.3 Å². The lowest BCUT2D eigenvalue weighted by molar-refractivity contribution is -0.109. The fraction of sp³-hybridized carbons (Fsp3) is 0.143. The molecule has 0 spiro atoms. The van der Waals surface area contributed by atoms with E-state index in [1.54, 1.807) is 10.8 Å². The summed E-state index contributed by atoms with van der Waals surface area (Å²) in [4.78, 5) is 22.9. The zero-order chi connectivity index (χ0) is 16.2. The van der Waals surface area contributed by atoms with Gasteiger partial charge in [0.2, 0.25) is 0 Å². The van der Waals surface area contributed by atoms with Gasteiger partial charge in [-0.2, -0.15) is 11.3 Å². The number of Topliss-reactive ketones (excluding diaryl/α,β-unsaturated/α-hetero) is 1. The molecular weight excluding hydrogens is 342 g/mol. The van der Waals surface area contributed by atoms with Gasteiger partial charge >= 0.3 is 0 Å². The van der Waals surface area contributed by atoms with Crippen molar-refractivity contribution >= 4 is 49.7 Å². The highest BCUT2D eigenvalue weighted by molar-refractivity contribution is 8.14. The van der Waals surface area contributed by atoms with E-state index in [1.807, 2.05) is 0 Å². The Morgan fingerprint density at radius 3 is 2.41 bits per heavy atom. The summed E-state index contributed by atoms with van der Waals surface area (Å²) in [6.07, 6.45) is 0. The first kappa shape index (κ1) is 16.7. The minimum Gasteiger partial charge on any atom is -0.293 e. The quantitative estimate of drug-likeness (QED) is 0.806. The summed E-state index contributed by atoms with van der Waals surface area (Å²) in [6.45, 7) is 1.40.